The standard InChI is InChI=1S/C23H19N5O/c1-15-20-9-10-26-22(20)8-7-21(15)28-23-16(12-25-13-17(23)11-24)5-6-18-3-2-4-19(14-29)27-18/h2-10,12-13,26,29H,14H2,1H3,(H,25,28). The number of anilines is 2. The van der Waals surface area contributed by atoms with E-state index in [1.165, 1.54) is 0 Å². The summed E-state index contributed by atoms with van der Waals surface area (Å²) in [4.78, 5) is 11.8. The number of pyridine rings is 2. The molecule has 3 aromatic heterocycles. The molecule has 0 aliphatic carbocycles. The lowest BCUT2D eigenvalue weighted by Crippen LogP contribution is -1.99. The van der Waals surface area contributed by atoms with Crippen LogP contribution in [0.5, 0.6) is 0 Å². The minimum Gasteiger partial charge on any atom is -0.390 e. The number of aryl methyl sites for hydroxylation is 1. The fourth-order valence-corrected chi connectivity index (χ4v) is 3.24. The number of aliphatic hydroxyl groups is 1. The molecule has 1 aromatic carbocycles. The molecular weight excluding hydrogens is 362 g/mol. The monoisotopic (exact) mass is 381 g/mol. The van der Waals surface area contributed by atoms with Gasteiger partial charge in [-0.15, -0.1) is 0 Å². The van der Waals surface area contributed by atoms with E-state index in [9.17, 15) is 10.4 Å². The van der Waals surface area contributed by atoms with Gasteiger partial charge in [0.15, 0.2) is 0 Å². The molecule has 0 radical (unpaired) electrons. The Balaban J connectivity index is 1.73. The van der Waals surface area contributed by atoms with Crippen molar-refractivity contribution in [3.8, 4) is 6.07 Å². The Hall–Kier alpha value is -3.95. The van der Waals surface area contributed by atoms with Crippen LogP contribution in [0.25, 0.3) is 23.1 Å². The third-order valence-electron chi connectivity index (χ3n) is 4.78. The van der Waals surface area contributed by atoms with Gasteiger partial charge in [0.25, 0.3) is 0 Å². The number of aliphatic hydroxyl groups excluding tert-OH is 1. The Bertz CT molecular complexity index is 1250. The van der Waals surface area contributed by atoms with Gasteiger partial charge in [-0.25, -0.2) is 0 Å². The largest absolute Gasteiger partial charge is 0.390 e. The first-order valence-corrected chi connectivity index (χ1v) is 9.16. The lowest BCUT2D eigenvalue weighted by atomic mass is 10.1. The van der Waals surface area contributed by atoms with Gasteiger partial charge in [-0.05, 0) is 55.0 Å². The van der Waals surface area contributed by atoms with Crippen LogP contribution in [0.4, 0.5) is 11.4 Å². The number of aromatic amines is 1. The molecule has 6 heteroatoms. The summed E-state index contributed by atoms with van der Waals surface area (Å²) in [6.07, 6.45) is 8.87. The van der Waals surface area contributed by atoms with Crippen molar-refractivity contribution in [2.24, 2.45) is 0 Å². The van der Waals surface area contributed by atoms with E-state index in [0.29, 0.717) is 16.9 Å². The van der Waals surface area contributed by atoms with E-state index in [2.05, 4.69) is 26.3 Å². The Morgan fingerprint density at radius 1 is 1.17 bits per heavy atom. The maximum absolute atomic E-state index is 9.58. The smallest absolute Gasteiger partial charge is 0.103 e. The summed E-state index contributed by atoms with van der Waals surface area (Å²) >= 11 is 0. The van der Waals surface area contributed by atoms with Crippen molar-refractivity contribution in [2.45, 2.75) is 13.5 Å². The molecular formula is C23H19N5O. The lowest BCUT2D eigenvalue weighted by Gasteiger charge is -2.14. The van der Waals surface area contributed by atoms with Gasteiger partial charge in [-0.3, -0.25) is 9.97 Å². The Labute approximate surface area is 168 Å². The fourth-order valence-electron chi connectivity index (χ4n) is 3.24. The van der Waals surface area contributed by atoms with Gasteiger partial charge in [-0.1, -0.05) is 6.07 Å². The minimum atomic E-state index is -0.110. The number of hydrogen-bond acceptors (Lipinski definition) is 5. The summed E-state index contributed by atoms with van der Waals surface area (Å²) in [6.45, 7) is 1.94. The van der Waals surface area contributed by atoms with Gasteiger partial charge in [-0.2, -0.15) is 5.26 Å². The number of hydrogen-bond donors (Lipinski definition) is 3. The highest BCUT2D eigenvalue weighted by Gasteiger charge is 2.11. The highest BCUT2D eigenvalue weighted by atomic mass is 16.3. The summed E-state index contributed by atoms with van der Waals surface area (Å²) in [7, 11) is 0. The molecule has 4 aromatic rings. The summed E-state index contributed by atoms with van der Waals surface area (Å²) in [6, 6.07) is 13.7. The van der Waals surface area contributed by atoms with Crippen LogP contribution in [0, 0.1) is 18.3 Å². The van der Waals surface area contributed by atoms with Crippen LogP contribution in [0.1, 0.15) is 28.1 Å². The number of rotatable bonds is 5. The summed E-state index contributed by atoms with van der Waals surface area (Å²) in [5.74, 6) is 0. The molecule has 0 atom stereocenters. The van der Waals surface area contributed by atoms with E-state index in [1.807, 2.05) is 55.6 Å². The molecule has 0 aliphatic heterocycles. The molecule has 0 unspecified atom stereocenters. The molecule has 4 rings (SSSR count). The zero-order valence-electron chi connectivity index (χ0n) is 15.8. The molecule has 3 N–H and O–H groups in total. The van der Waals surface area contributed by atoms with Crippen LogP contribution in [0.15, 0.2) is 55.0 Å². The van der Waals surface area contributed by atoms with E-state index in [4.69, 9.17) is 0 Å². The van der Waals surface area contributed by atoms with E-state index in [-0.39, 0.29) is 6.61 Å². The molecule has 0 aliphatic rings. The summed E-state index contributed by atoms with van der Waals surface area (Å²) in [5.41, 5.74) is 6.33. The second-order valence-electron chi connectivity index (χ2n) is 6.61. The molecule has 0 spiro atoms. The Kier molecular flexibility index (Phi) is 5.06. The Morgan fingerprint density at radius 2 is 2.07 bits per heavy atom. The molecule has 0 bridgehead atoms. The summed E-state index contributed by atoms with van der Waals surface area (Å²) < 4.78 is 0. The number of fused-ring (bicyclic) bond motifs is 1. The third kappa shape index (κ3) is 3.72. The van der Waals surface area contributed by atoms with Crippen molar-refractivity contribution in [3.63, 3.8) is 0 Å². The maximum atomic E-state index is 9.58. The van der Waals surface area contributed by atoms with Crippen LogP contribution < -0.4 is 5.32 Å². The van der Waals surface area contributed by atoms with Gasteiger partial charge in [0.2, 0.25) is 0 Å². The van der Waals surface area contributed by atoms with Crippen LogP contribution in [0.3, 0.4) is 0 Å². The van der Waals surface area contributed by atoms with E-state index in [0.717, 1.165) is 33.4 Å². The number of nitrogens with one attached hydrogen (secondary N) is 2. The normalized spacial score (nSPS) is 11.1. The van der Waals surface area contributed by atoms with Gasteiger partial charge >= 0.3 is 0 Å². The average molecular weight is 381 g/mol. The third-order valence-corrected chi connectivity index (χ3v) is 4.78. The van der Waals surface area contributed by atoms with Crippen molar-refractivity contribution >= 4 is 34.4 Å². The van der Waals surface area contributed by atoms with Gasteiger partial charge in [0.05, 0.1) is 29.2 Å². The number of benzene rings is 1. The van der Waals surface area contributed by atoms with Crippen LogP contribution in [-0.2, 0) is 6.61 Å². The van der Waals surface area contributed by atoms with Crippen molar-refractivity contribution in [1.82, 2.24) is 15.0 Å². The number of H-pyrrole nitrogens is 1. The second-order valence-corrected chi connectivity index (χ2v) is 6.61. The van der Waals surface area contributed by atoms with E-state index >= 15 is 0 Å². The fraction of sp³-hybridized carbons (Fsp3) is 0.0870. The highest BCUT2D eigenvalue weighted by molar-refractivity contribution is 5.90. The highest BCUT2D eigenvalue weighted by Crippen LogP contribution is 2.31. The predicted molar refractivity (Wildman–Crippen MR) is 114 cm³/mol. The second kappa shape index (κ2) is 7.97. The average Bonchev–Trinajstić information content (AvgIpc) is 3.24. The van der Waals surface area contributed by atoms with Gasteiger partial charge < -0.3 is 15.4 Å². The maximum Gasteiger partial charge on any atom is 0.103 e. The quantitative estimate of drug-likeness (QED) is 0.471. The predicted octanol–water partition coefficient (Wildman–Crippen LogP) is 4.54. The molecule has 142 valence electrons. The van der Waals surface area contributed by atoms with Crippen molar-refractivity contribution in [2.75, 3.05) is 5.32 Å². The number of aromatic nitrogens is 3. The van der Waals surface area contributed by atoms with Crippen molar-refractivity contribution < 1.29 is 5.11 Å². The first-order valence-electron chi connectivity index (χ1n) is 9.16. The molecule has 3 heterocycles. The SMILES string of the molecule is Cc1c(Nc2c(C#N)cncc2C=Cc2cccc(CO)n2)ccc2[nH]ccc12. The topological polar surface area (TPSA) is 97.6 Å². The van der Waals surface area contributed by atoms with E-state index in [1.54, 1.807) is 18.5 Å². The van der Waals surface area contributed by atoms with Crippen LogP contribution >= 0.6 is 0 Å². The first kappa shape index (κ1) is 18.4. The van der Waals surface area contributed by atoms with Crippen molar-refractivity contribution in [3.05, 3.63) is 83.1 Å². The van der Waals surface area contributed by atoms with Crippen LogP contribution in [0.2, 0.25) is 0 Å². The molecule has 0 saturated carbocycles. The van der Waals surface area contributed by atoms with Gasteiger partial charge in [0, 0.05) is 40.7 Å². The van der Waals surface area contributed by atoms with E-state index < -0.39 is 0 Å². The number of nitrogens with zero attached hydrogens (tertiary/aromatic N) is 3. The van der Waals surface area contributed by atoms with Crippen LogP contribution in [-0.4, -0.2) is 20.1 Å². The molecule has 29 heavy (non-hydrogen) atoms. The lowest BCUT2D eigenvalue weighted by molar-refractivity contribution is 0.277. The minimum absolute atomic E-state index is 0.110. The molecule has 0 saturated heterocycles. The van der Waals surface area contributed by atoms with Crippen molar-refractivity contribution in [1.29, 1.82) is 5.26 Å². The van der Waals surface area contributed by atoms with Gasteiger partial charge in [0.1, 0.15) is 6.07 Å². The number of nitriles is 1. The first-order chi connectivity index (χ1) is 14.2. The molecule has 6 nitrogen and oxygen atoms in total. The Morgan fingerprint density at radius 3 is 2.90 bits per heavy atom. The molecule has 0 amide bonds. The zero-order valence-corrected chi connectivity index (χ0v) is 15.8. The zero-order chi connectivity index (χ0) is 20.2. The molecule has 0 fully saturated rings. The summed E-state index contributed by atoms with van der Waals surface area (Å²) in [5, 5.41) is 23.4.